The lowest BCUT2D eigenvalue weighted by molar-refractivity contribution is -0.126. The lowest BCUT2D eigenvalue weighted by Crippen LogP contribution is -2.48. The lowest BCUT2D eigenvalue weighted by atomic mass is 10.1. The number of hydrogen-bond donors (Lipinski definition) is 2. The summed E-state index contributed by atoms with van der Waals surface area (Å²) in [5.74, 6) is -0.398. The van der Waals surface area contributed by atoms with Crippen molar-refractivity contribution in [3.05, 3.63) is 29.8 Å². The Morgan fingerprint density at radius 1 is 1.32 bits per heavy atom. The fourth-order valence-electron chi connectivity index (χ4n) is 1.98. The maximum absolute atomic E-state index is 12.3. The first kappa shape index (κ1) is 20.4. The van der Waals surface area contributed by atoms with Crippen LogP contribution < -0.4 is 16.0 Å². The van der Waals surface area contributed by atoms with Gasteiger partial charge in [-0.3, -0.25) is 9.59 Å². The van der Waals surface area contributed by atoms with Gasteiger partial charge in [0.1, 0.15) is 0 Å². The van der Waals surface area contributed by atoms with Crippen LogP contribution in [0.4, 0.5) is 5.69 Å². The van der Waals surface area contributed by atoms with E-state index in [-0.39, 0.29) is 36.7 Å². The summed E-state index contributed by atoms with van der Waals surface area (Å²) in [6.07, 6.45) is 0. The van der Waals surface area contributed by atoms with Gasteiger partial charge in [-0.1, -0.05) is 26.0 Å². The Bertz CT molecular complexity index is 506. The van der Waals surface area contributed by atoms with Crippen LogP contribution in [0.25, 0.3) is 0 Å². The number of hydrogen-bond acceptors (Lipinski definition) is 3. The number of nitrogens with one attached hydrogen (secondary N) is 1. The quantitative estimate of drug-likeness (QED) is 0.837. The standard InChI is InChI=1S/C16H25N3O2.ClH/c1-5-19(13-8-6-7-12(4)9-13)14(20)10-18-16(21)15(17)11(2)3;/h6-9,11,15H,5,10,17H2,1-4H3,(H,18,21);1H/t15-;/m0./s1. The van der Waals surface area contributed by atoms with Gasteiger partial charge in [-0.15, -0.1) is 12.4 Å². The van der Waals surface area contributed by atoms with Crippen molar-refractivity contribution in [3.63, 3.8) is 0 Å². The molecule has 22 heavy (non-hydrogen) atoms. The number of amides is 2. The number of anilines is 1. The largest absolute Gasteiger partial charge is 0.346 e. The van der Waals surface area contributed by atoms with Crippen molar-refractivity contribution in [3.8, 4) is 0 Å². The second-order valence-electron chi connectivity index (χ2n) is 5.46. The average Bonchev–Trinajstić information content (AvgIpc) is 2.44. The van der Waals surface area contributed by atoms with Crippen LogP contribution >= 0.6 is 12.4 Å². The Morgan fingerprint density at radius 3 is 2.45 bits per heavy atom. The van der Waals surface area contributed by atoms with E-state index in [4.69, 9.17) is 5.73 Å². The third-order valence-electron chi connectivity index (χ3n) is 3.37. The number of rotatable bonds is 6. The summed E-state index contributed by atoms with van der Waals surface area (Å²) in [7, 11) is 0. The van der Waals surface area contributed by atoms with Crippen LogP contribution in [0.2, 0.25) is 0 Å². The molecule has 0 radical (unpaired) electrons. The molecule has 0 spiro atoms. The summed E-state index contributed by atoms with van der Waals surface area (Å²) in [4.78, 5) is 25.7. The van der Waals surface area contributed by atoms with Crippen LogP contribution in [0.1, 0.15) is 26.3 Å². The molecule has 0 saturated carbocycles. The summed E-state index contributed by atoms with van der Waals surface area (Å²) < 4.78 is 0. The zero-order valence-corrected chi connectivity index (χ0v) is 14.4. The summed E-state index contributed by atoms with van der Waals surface area (Å²) >= 11 is 0. The van der Waals surface area contributed by atoms with E-state index >= 15 is 0 Å². The van der Waals surface area contributed by atoms with Crippen LogP contribution in [-0.4, -0.2) is 30.9 Å². The average molecular weight is 328 g/mol. The molecule has 0 unspecified atom stereocenters. The van der Waals surface area contributed by atoms with Crippen molar-refractivity contribution in [2.45, 2.75) is 33.7 Å². The minimum absolute atomic E-state index is 0. The van der Waals surface area contributed by atoms with Crippen molar-refractivity contribution in [1.29, 1.82) is 0 Å². The van der Waals surface area contributed by atoms with Gasteiger partial charge in [0, 0.05) is 12.2 Å². The van der Waals surface area contributed by atoms with Crippen molar-refractivity contribution >= 4 is 29.9 Å². The Labute approximate surface area is 138 Å². The predicted octanol–water partition coefficient (Wildman–Crippen LogP) is 1.87. The number of aryl methyl sites for hydroxylation is 1. The SMILES string of the molecule is CCN(C(=O)CNC(=O)[C@@H](N)C(C)C)c1cccc(C)c1.Cl. The van der Waals surface area contributed by atoms with E-state index in [2.05, 4.69) is 5.32 Å². The molecule has 0 aromatic heterocycles. The van der Waals surface area contributed by atoms with Gasteiger partial charge in [-0.2, -0.15) is 0 Å². The van der Waals surface area contributed by atoms with Gasteiger partial charge in [-0.25, -0.2) is 0 Å². The maximum Gasteiger partial charge on any atom is 0.246 e. The first-order valence-electron chi connectivity index (χ1n) is 7.27. The molecule has 1 rings (SSSR count). The fourth-order valence-corrected chi connectivity index (χ4v) is 1.98. The molecule has 0 saturated heterocycles. The number of likely N-dealkylation sites (N-methyl/N-ethyl adjacent to an activating group) is 1. The number of benzene rings is 1. The molecular formula is C16H26ClN3O2. The van der Waals surface area contributed by atoms with Crippen molar-refractivity contribution in [2.24, 2.45) is 11.7 Å². The topological polar surface area (TPSA) is 75.4 Å². The molecule has 5 nitrogen and oxygen atoms in total. The van der Waals surface area contributed by atoms with Gasteiger partial charge in [0.2, 0.25) is 11.8 Å². The molecule has 0 aliphatic carbocycles. The van der Waals surface area contributed by atoms with Gasteiger partial charge in [0.25, 0.3) is 0 Å². The van der Waals surface area contributed by atoms with E-state index in [1.165, 1.54) is 0 Å². The first-order chi connectivity index (χ1) is 9.86. The van der Waals surface area contributed by atoms with E-state index in [0.717, 1.165) is 11.3 Å². The zero-order chi connectivity index (χ0) is 16.0. The van der Waals surface area contributed by atoms with Crippen molar-refractivity contribution in [1.82, 2.24) is 5.32 Å². The monoisotopic (exact) mass is 327 g/mol. The van der Waals surface area contributed by atoms with Crippen LogP contribution in [0, 0.1) is 12.8 Å². The number of nitrogens with zero attached hydrogens (tertiary/aromatic N) is 1. The molecule has 1 aromatic rings. The fraction of sp³-hybridized carbons (Fsp3) is 0.500. The highest BCUT2D eigenvalue weighted by atomic mass is 35.5. The minimum atomic E-state index is -0.591. The van der Waals surface area contributed by atoms with E-state index in [1.54, 1.807) is 4.90 Å². The molecule has 0 aliphatic heterocycles. The third-order valence-corrected chi connectivity index (χ3v) is 3.37. The smallest absolute Gasteiger partial charge is 0.246 e. The lowest BCUT2D eigenvalue weighted by Gasteiger charge is -2.22. The summed E-state index contributed by atoms with van der Waals surface area (Å²) in [6, 6.07) is 7.13. The maximum atomic E-state index is 12.3. The van der Waals surface area contributed by atoms with Crippen LogP contribution in [0.3, 0.4) is 0 Å². The van der Waals surface area contributed by atoms with E-state index in [0.29, 0.717) is 6.54 Å². The molecule has 0 aliphatic rings. The molecule has 2 amide bonds. The number of halogens is 1. The van der Waals surface area contributed by atoms with Crippen molar-refractivity contribution in [2.75, 3.05) is 18.0 Å². The second kappa shape index (κ2) is 9.43. The molecule has 1 atom stereocenters. The van der Waals surface area contributed by atoms with E-state index in [1.807, 2.05) is 52.0 Å². The molecule has 3 N–H and O–H groups in total. The highest BCUT2D eigenvalue weighted by Crippen LogP contribution is 2.15. The van der Waals surface area contributed by atoms with Crippen molar-refractivity contribution < 1.29 is 9.59 Å². The summed E-state index contributed by atoms with van der Waals surface area (Å²) in [6.45, 7) is 8.14. The Morgan fingerprint density at radius 2 is 1.95 bits per heavy atom. The molecule has 0 fully saturated rings. The highest BCUT2D eigenvalue weighted by Gasteiger charge is 2.19. The molecule has 0 bridgehead atoms. The number of carbonyl (C=O) groups is 2. The molecular weight excluding hydrogens is 302 g/mol. The van der Waals surface area contributed by atoms with Gasteiger partial charge in [-0.05, 0) is 37.5 Å². The molecule has 0 heterocycles. The van der Waals surface area contributed by atoms with Gasteiger partial charge in [0.05, 0.1) is 12.6 Å². The minimum Gasteiger partial charge on any atom is -0.346 e. The Hall–Kier alpha value is -1.59. The number of nitrogens with two attached hydrogens (primary N) is 1. The normalized spacial score (nSPS) is 11.5. The van der Waals surface area contributed by atoms with Gasteiger partial charge in [0.15, 0.2) is 0 Å². The number of carbonyl (C=O) groups excluding carboxylic acids is 2. The van der Waals surface area contributed by atoms with Gasteiger partial charge >= 0.3 is 0 Å². The van der Waals surface area contributed by atoms with Crippen LogP contribution in [-0.2, 0) is 9.59 Å². The third kappa shape index (κ3) is 5.66. The molecule has 1 aromatic carbocycles. The van der Waals surface area contributed by atoms with Crippen LogP contribution in [0.5, 0.6) is 0 Å². The summed E-state index contributed by atoms with van der Waals surface area (Å²) in [5, 5.41) is 2.61. The molecule has 124 valence electrons. The molecule has 6 heteroatoms. The summed E-state index contributed by atoms with van der Waals surface area (Å²) in [5.41, 5.74) is 7.67. The van der Waals surface area contributed by atoms with E-state index < -0.39 is 6.04 Å². The predicted molar refractivity (Wildman–Crippen MR) is 92.3 cm³/mol. The van der Waals surface area contributed by atoms with Gasteiger partial charge < -0.3 is 16.0 Å². The Kier molecular flexibility index (Phi) is 8.75. The Balaban J connectivity index is 0.00000441. The second-order valence-corrected chi connectivity index (χ2v) is 5.46. The zero-order valence-electron chi connectivity index (χ0n) is 13.6. The first-order valence-corrected chi connectivity index (χ1v) is 7.27. The highest BCUT2D eigenvalue weighted by molar-refractivity contribution is 5.97. The van der Waals surface area contributed by atoms with E-state index in [9.17, 15) is 9.59 Å². The van der Waals surface area contributed by atoms with Crippen LogP contribution in [0.15, 0.2) is 24.3 Å².